The number of carbonyl (C=O) groups excluding carboxylic acids is 1. The van der Waals surface area contributed by atoms with Crippen LogP contribution in [0.3, 0.4) is 0 Å². The Morgan fingerprint density at radius 1 is 1.32 bits per heavy atom. The number of nitrogens with zero attached hydrogens (tertiary/aromatic N) is 2. The van der Waals surface area contributed by atoms with Crippen LogP contribution in [0.2, 0.25) is 0 Å². The first-order valence-electron chi connectivity index (χ1n) is 6.23. The molecule has 2 rings (SSSR count). The molecular formula is C15H18N2OS. The lowest BCUT2D eigenvalue weighted by molar-refractivity contribution is -0.127. The van der Waals surface area contributed by atoms with Crippen molar-refractivity contribution in [3.8, 4) is 0 Å². The standard InChI is InChI=1S/C15H18N2OS/c1-10-9-14(19-11(2)15(18)17(3)4)16-13-8-6-5-7-12(10)13/h5-9,11H,1-4H3/t11-/m0/s1. The van der Waals surface area contributed by atoms with Crippen LogP contribution in [0.5, 0.6) is 0 Å². The van der Waals surface area contributed by atoms with Crippen molar-refractivity contribution in [2.75, 3.05) is 14.1 Å². The van der Waals surface area contributed by atoms with Crippen molar-refractivity contribution in [1.82, 2.24) is 9.88 Å². The van der Waals surface area contributed by atoms with Gasteiger partial charge in [-0.25, -0.2) is 4.98 Å². The van der Waals surface area contributed by atoms with Crippen LogP contribution in [-0.2, 0) is 4.79 Å². The summed E-state index contributed by atoms with van der Waals surface area (Å²) >= 11 is 1.51. The molecule has 1 aromatic carbocycles. The van der Waals surface area contributed by atoms with Gasteiger partial charge in [0.2, 0.25) is 5.91 Å². The first kappa shape index (κ1) is 13.9. The van der Waals surface area contributed by atoms with Gasteiger partial charge in [-0.15, -0.1) is 0 Å². The first-order chi connectivity index (χ1) is 8.99. The number of thioether (sulfide) groups is 1. The molecule has 19 heavy (non-hydrogen) atoms. The third-order valence-electron chi connectivity index (χ3n) is 2.99. The van der Waals surface area contributed by atoms with Gasteiger partial charge in [-0.3, -0.25) is 4.79 Å². The number of hydrogen-bond acceptors (Lipinski definition) is 3. The number of benzene rings is 1. The zero-order chi connectivity index (χ0) is 14.0. The van der Waals surface area contributed by atoms with E-state index in [-0.39, 0.29) is 11.2 Å². The van der Waals surface area contributed by atoms with Gasteiger partial charge in [0.1, 0.15) is 0 Å². The Hall–Kier alpha value is -1.55. The minimum atomic E-state index is -0.122. The maximum atomic E-state index is 11.9. The Kier molecular flexibility index (Phi) is 4.10. The van der Waals surface area contributed by atoms with E-state index in [4.69, 9.17) is 0 Å². The van der Waals surface area contributed by atoms with Gasteiger partial charge < -0.3 is 4.90 Å². The molecule has 0 fully saturated rings. The van der Waals surface area contributed by atoms with E-state index in [1.165, 1.54) is 22.7 Å². The van der Waals surface area contributed by atoms with E-state index in [0.29, 0.717) is 0 Å². The minimum absolute atomic E-state index is 0.109. The van der Waals surface area contributed by atoms with E-state index in [9.17, 15) is 4.79 Å². The number of carbonyl (C=O) groups is 1. The molecule has 0 aliphatic heterocycles. The maximum Gasteiger partial charge on any atom is 0.235 e. The van der Waals surface area contributed by atoms with E-state index < -0.39 is 0 Å². The van der Waals surface area contributed by atoms with Crippen LogP contribution in [-0.4, -0.2) is 35.1 Å². The van der Waals surface area contributed by atoms with Gasteiger partial charge >= 0.3 is 0 Å². The van der Waals surface area contributed by atoms with Crippen molar-refractivity contribution in [3.05, 3.63) is 35.9 Å². The van der Waals surface area contributed by atoms with Crippen molar-refractivity contribution in [1.29, 1.82) is 0 Å². The SMILES string of the molecule is Cc1cc(S[C@@H](C)C(=O)N(C)C)nc2ccccc12. The molecule has 0 aliphatic carbocycles. The zero-order valence-electron chi connectivity index (χ0n) is 11.7. The van der Waals surface area contributed by atoms with Crippen LogP contribution in [0.4, 0.5) is 0 Å². The molecule has 0 aliphatic rings. The van der Waals surface area contributed by atoms with Crippen LogP contribution in [0.25, 0.3) is 10.9 Å². The molecule has 0 radical (unpaired) electrons. The highest BCUT2D eigenvalue weighted by molar-refractivity contribution is 8.00. The largest absolute Gasteiger partial charge is 0.348 e. The number of aromatic nitrogens is 1. The molecule has 1 aromatic heterocycles. The summed E-state index contributed by atoms with van der Waals surface area (Å²) in [6.07, 6.45) is 0. The van der Waals surface area contributed by atoms with Gasteiger partial charge in [-0.05, 0) is 31.5 Å². The highest BCUT2D eigenvalue weighted by atomic mass is 32.2. The second-order valence-electron chi connectivity index (χ2n) is 4.79. The Bertz CT molecular complexity index is 610. The summed E-state index contributed by atoms with van der Waals surface area (Å²) in [5.41, 5.74) is 2.17. The average molecular weight is 274 g/mol. The van der Waals surface area contributed by atoms with E-state index >= 15 is 0 Å². The Morgan fingerprint density at radius 2 is 2.00 bits per heavy atom. The van der Waals surface area contributed by atoms with Crippen molar-refractivity contribution >= 4 is 28.6 Å². The predicted molar refractivity (Wildman–Crippen MR) is 80.5 cm³/mol. The molecule has 1 amide bonds. The minimum Gasteiger partial charge on any atom is -0.348 e. The predicted octanol–water partition coefficient (Wildman–Crippen LogP) is 3.11. The molecule has 3 nitrogen and oxygen atoms in total. The molecular weight excluding hydrogens is 256 g/mol. The maximum absolute atomic E-state index is 11.9. The van der Waals surface area contributed by atoms with Crippen molar-refractivity contribution in [3.63, 3.8) is 0 Å². The molecule has 0 N–H and O–H groups in total. The van der Waals surface area contributed by atoms with Crippen LogP contribution in [0.1, 0.15) is 12.5 Å². The van der Waals surface area contributed by atoms with Crippen molar-refractivity contribution in [2.24, 2.45) is 0 Å². The number of amides is 1. The Morgan fingerprint density at radius 3 is 2.68 bits per heavy atom. The van der Waals surface area contributed by atoms with Crippen LogP contribution in [0, 0.1) is 6.92 Å². The number of aryl methyl sites for hydroxylation is 1. The lowest BCUT2D eigenvalue weighted by atomic mass is 10.1. The summed E-state index contributed by atoms with van der Waals surface area (Å²) in [5.74, 6) is 0.109. The number of hydrogen-bond donors (Lipinski definition) is 0. The van der Waals surface area contributed by atoms with Crippen LogP contribution in [0.15, 0.2) is 35.4 Å². The van der Waals surface area contributed by atoms with E-state index in [1.807, 2.05) is 31.2 Å². The Balaban J connectivity index is 2.29. The fourth-order valence-electron chi connectivity index (χ4n) is 1.97. The van der Waals surface area contributed by atoms with Gasteiger partial charge in [0.25, 0.3) is 0 Å². The van der Waals surface area contributed by atoms with Crippen molar-refractivity contribution < 1.29 is 4.79 Å². The van der Waals surface area contributed by atoms with Crippen molar-refractivity contribution in [2.45, 2.75) is 24.1 Å². The fourth-order valence-corrected chi connectivity index (χ4v) is 3.04. The average Bonchev–Trinajstić information content (AvgIpc) is 2.37. The molecule has 0 unspecified atom stereocenters. The van der Waals surface area contributed by atoms with Gasteiger partial charge in [0.05, 0.1) is 15.8 Å². The summed E-state index contributed by atoms with van der Waals surface area (Å²) in [5, 5.41) is 1.94. The summed E-state index contributed by atoms with van der Waals surface area (Å²) in [4.78, 5) is 18.1. The molecule has 1 atom stereocenters. The lowest BCUT2D eigenvalue weighted by Crippen LogP contribution is -2.29. The fraction of sp³-hybridized carbons (Fsp3) is 0.333. The quantitative estimate of drug-likeness (QED) is 0.806. The number of rotatable bonds is 3. The number of para-hydroxylation sites is 1. The Labute approximate surface area is 118 Å². The second-order valence-corrected chi connectivity index (χ2v) is 6.15. The molecule has 0 saturated carbocycles. The highest BCUT2D eigenvalue weighted by Gasteiger charge is 2.17. The molecule has 0 saturated heterocycles. The van der Waals surface area contributed by atoms with E-state index in [1.54, 1.807) is 19.0 Å². The molecule has 2 aromatic rings. The van der Waals surface area contributed by atoms with Gasteiger partial charge in [-0.2, -0.15) is 0 Å². The topological polar surface area (TPSA) is 33.2 Å². The van der Waals surface area contributed by atoms with Crippen LogP contribution >= 0.6 is 11.8 Å². The highest BCUT2D eigenvalue weighted by Crippen LogP contribution is 2.27. The van der Waals surface area contributed by atoms with E-state index in [0.717, 1.165) is 10.5 Å². The second kappa shape index (κ2) is 5.61. The third kappa shape index (κ3) is 3.07. The van der Waals surface area contributed by atoms with E-state index in [2.05, 4.69) is 18.0 Å². The molecule has 1 heterocycles. The summed E-state index contributed by atoms with van der Waals surface area (Å²) < 4.78 is 0. The molecule has 100 valence electrons. The zero-order valence-corrected chi connectivity index (χ0v) is 12.5. The molecule has 0 bridgehead atoms. The molecule has 0 spiro atoms. The number of fused-ring (bicyclic) bond motifs is 1. The monoisotopic (exact) mass is 274 g/mol. The first-order valence-corrected chi connectivity index (χ1v) is 7.11. The lowest BCUT2D eigenvalue weighted by Gasteiger charge is -2.16. The molecule has 4 heteroatoms. The summed E-state index contributed by atoms with van der Waals surface area (Å²) in [7, 11) is 3.55. The van der Waals surface area contributed by atoms with Gasteiger partial charge in [0.15, 0.2) is 0 Å². The summed E-state index contributed by atoms with van der Waals surface area (Å²) in [6, 6.07) is 10.1. The van der Waals surface area contributed by atoms with Gasteiger partial charge in [-0.1, -0.05) is 30.0 Å². The van der Waals surface area contributed by atoms with Gasteiger partial charge in [0, 0.05) is 19.5 Å². The summed E-state index contributed by atoms with van der Waals surface area (Å²) in [6.45, 7) is 3.99. The third-order valence-corrected chi connectivity index (χ3v) is 3.99. The van der Waals surface area contributed by atoms with Crippen LogP contribution < -0.4 is 0 Å². The number of pyridine rings is 1. The normalized spacial score (nSPS) is 12.4. The smallest absolute Gasteiger partial charge is 0.235 e.